The first kappa shape index (κ1) is 14.0. The Bertz CT molecular complexity index is 370. The van der Waals surface area contributed by atoms with Crippen molar-refractivity contribution < 1.29 is 22.5 Å². The second-order valence-corrected chi connectivity index (χ2v) is 4.12. The summed E-state index contributed by atoms with van der Waals surface area (Å²) in [7, 11) is -4.02. The SMILES string of the molecule is Cc1ccc(S(=O)(=O)O)cc1.OCCF. The number of rotatable bonds is 2. The van der Waals surface area contributed by atoms with Crippen molar-refractivity contribution in [1.82, 2.24) is 0 Å². The standard InChI is InChI=1S/C7H8O3S.C2H5FO/c1-6-2-4-7(5-3-6)11(8,9)10;3-1-2-4/h2-5H,1H3,(H,8,9,10);4H,1-2H2. The summed E-state index contributed by atoms with van der Waals surface area (Å²) < 4.78 is 40.0. The highest BCUT2D eigenvalue weighted by atomic mass is 32.2. The average Bonchev–Trinajstić information content (AvgIpc) is 2.17. The summed E-state index contributed by atoms with van der Waals surface area (Å²) in [5.41, 5.74) is 0.956. The Balaban J connectivity index is 0.000000423. The molecule has 0 fully saturated rings. The number of halogens is 1. The molecule has 0 radical (unpaired) electrons. The zero-order valence-electron chi connectivity index (χ0n) is 8.22. The third kappa shape index (κ3) is 6.16. The lowest BCUT2D eigenvalue weighted by molar-refractivity contribution is 0.253. The van der Waals surface area contributed by atoms with E-state index in [1.54, 1.807) is 12.1 Å². The predicted molar refractivity (Wildman–Crippen MR) is 54.1 cm³/mol. The molecule has 0 aliphatic carbocycles. The van der Waals surface area contributed by atoms with Gasteiger partial charge in [0.25, 0.3) is 10.1 Å². The largest absolute Gasteiger partial charge is 0.394 e. The molecule has 1 rings (SSSR count). The topological polar surface area (TPSA) is 74.6 Å². The molecule has 0 aliphatic heterocycles. The van der Waals surface area contributed by atoms with E-state index in [0.29, 0.717) is 0 Å². The molecule has 86 valence electrons. The molecule has 0 unspecified atom stereocenters. The fraction of sp³-hybridized carbons (Fsp3) is 0.333. The van der Waals surface area contributed by atoms with E-state index >= 15 is 0 Å². The van der Waals surface area contributed by atoms with E-state index in [4.69, 9.17) is 9.66 Å². The predicted octanol–water partition coefficient (Wildman–Crippen LogP) is 1.19. The van der Waals surface area contributed by atoms with Gasteiger partial charge in [-0.1, -0.05) is 17.7 Å². The maximum atomic E-state index is 10.5. The lowest BCUT2D eigenvalue weighted by atomic mass is 10.2. The third-order valence-electron chi connectivity index (χ3n) is 1.40. The Morgan fingerprint density at radius 3 is 1.93 bits per heavy atom. The molecule has 1 aromatic carbocycles. The van der Waals surface area contributed by atoms with Crippen LogP contribution in [0.4, 0.5) is 4.39 Å². The molecule has 0 heterocycles. The van der Waals surface area contributed by atoms with Crippen LogP contribution in [0.5, 0.6) is 0 Å². The fourth-order valence-corrected chi connectivity index (χ4v) is 1.19. The van der Waals surface area contributed by atoms with Gasteiger partial charge in [-0.3, -0.25) is 4.55 Å². The van der Waals surface area contributed by atoms with E-state index in [1.165, 1.54) is 12.1 Å². The van der Waals surface area contributed by atoms with Crippen molar-refractivity contribution in [2.45, 2.75) is 11.8 Å². The molecule has 0 aliphatic rings. The van der Waals surface area contributed by atoms with Crippen molar-refractivity contribution in [2.24, 2.45) is 0 Å². The summed E-state index contributed by atoms with van der Waals surface area (Å²) in [6.45, 7) is 0.869. The van der Waals surface area contributed by atoms with Gasteiger partial charge in [0.15, 0.2) is 0 Å². The molecule has 0 aromatic heterocycles. The average molecular weight is 236 g/mol. The highest BCUT2D eigenvalue weighted by Gasteiger charge is 2.06. The van der Waals surface area contributed by atoms with E-state index in [-0.39, 0.29) is 11.5 Å². The second kappa shape index (κ2) is 6.49. The van der Waals surface area contributed by atoms with Crippen LogP contribution in [0.1, 0.15) is 5.56 Å². The first-order valence-corrected chi connectivity index (χ1v) is 5.56. The van der Waals surface area contributed by atoms with Crippen LogP contribution < -0.4 is 0 Å². The molecule has 0 saturated heterocycles. The zero-order valence-corrected chi connectivity index (χ0v) is 9.04. The van der Waals surface area contributed by atoms with Crippen LogP contribution in [0.2, 0.25) is 0 Å². The van der Waals surface area contributed by atoms with E-state index in [2.05, 4.69) is 0 Å². The molecule has 0 atom stereocenters. The normalized spacial score (nSPS) is 10.4. The van der Waals surface area contributed by atoms with Gasteiger partial charge >= 0.3 is 0 Å². The van der Waals surface area contributed by atoms with Gasteiger partial charge in [0.2, 0.25) is 0 Å². The van der Waals surface area contributed by atoms with Gasteiger partial charge in [-0.05, 0) is 19.1 Å². The first-order chi connectivity index (χ1) is 6.91. The van der Waals surface area contributed by atoms with Crippen molar-refractivity contribution in [1.29, 1.82) is 0 Å². The number of alkyl halides is 1. The van der Waals surface area contributed by atoms with Gasteiger partial charge in [-0.25, -0.2) is 4.39 Å². The van der Waals surface area contributed by atoms with Crippen LogP contribution in [0.15, 0.2) is 29.2 Å². The van der Waals surface area contributed by atoms with E-state index in [9.17, 15) is 12.8 Å². The summed E-state index contributed by atoms with van der Waals surface area (Å²) in [5, 5.41) is 7.50. The van der Waals surface area contributed by atoms with E-state index in [1.807, 2.05) is 6.92 Å². The van der Waals surface area contributed by atoms with Crippen LogP contribution in [-0.2, 0) is 10.1 Å². The Morgan fingerprint density at radius 2 is 1.67 bits per heavy atom. The molecule has 1 aromatic rings. The lowest BCUT2D eigenvalue weighted by Gasteiger charge is -1.95. The molecule has 15 heavy (non-hydrogen) atoms. The second-order valence-electron chi connectivity index (χ2n) is 2.70. The Morgan fingerprint density at radius 1 is 1.27 bits per heavy atom. The molecule has 4 nitrogen and oxygen atoms in total. The van der Waals surface area contributed by atoms with Crippen LogP contribution in [0.3, 0.4) is 0 Å². The molecule has 0 saturated carbocycles. The van der Waals surface area contributed by atoms with Gasteiger partial charge in [-0.2, -0.15) is 8.42 Å². The molecule has 0 spiro atoms. The van der Waals surface area contributed by atoms with Crippen molar-refractivity contribution in [3.05, 3.63) is 29.8 Å². The van der Waals surface area contributed by atoms with Crippen LogP contribution in [0.25, 0.3) is 0 Å². The summed E-state index contributed by atoms with van der Waals surface area (Å²) in [6.07, 6.45) is 0. The number of hydrogen-bond acceptors (Lipinski definition) is 3. The maximum absolute atomic E-state index is 10.5. The third-order valence-corrected chi connectivity index (χ3v) is 2.27. The van der Waals surface area contributed by atoms with Crippen LogP contribution in [-0.4, -0.2) is 31.4 Å². The van der Waals surface area contributed by atoms with Gasteiger partial charge < -0.3 is 5.11 Å². The number of hydrogen-bond donors (Lipinski definition) is 2. The van der Waals surface area contributed by atoms with Crippen LogP contribution >= 0.6 is 0 Å². The number of aryl methyl sites for hydroxylation is 1. The Hall–Kier alpha value is -0.980. The fourth-order valence-electron chi connectivity index (χ4n) is 0.710. The van der Waals surface area contributed by atoms with Gasteiger partial charge in [0.05, 0.1) is 11.5 Å². The zero-order chi connectivity index (χ0) is 11.9. The van der Waals surface area contributed by atoms with Crippen molar-refractivity contribution in [3.63, 3.8) is 0 Å². The lowest BCUT2D eigenvalue weighted by Crippen LogP contribution is -1.96. The van der Waals surface area contributed by atoms with Gasteiger partial charge in [-0.15, -0.1) is 0 Å². The minimum atomic E-state index is -4.02. The highest BCUT2D eigenvalue weighted by molar-refractivity contribution is 7.85. The highest BCUT2D eigenvalue weighted by Crippen LogP contribution is 2.08. The van der Waals surface area contributed by atoms with E-state index in [0.717, 1.165) is 5.56 Å². The Kier molecular flexibility index (Phi) is 6.07. The number of aliphatic hydroxyl groups excluding tert-OH is 1. The van der Waals surface area contributed by atoms with E-state index < -0.39 is 16.8 Å². The van der Waals surface area contributed by atoms with Crippen molar-refractivity contribution in [3.8, 4) is 0 Å². The van der Waals surface area contributed by atoms with Crippen molar-refractivity contribution in [2.75, 3.05) is 13.3 Å². The van der Waals surface area contributed by atoms with Gasteiger partial charge in [0, 0.05) is 0 Å². The molecule has 0 bridgehead atoms. The summed E-state index contributed by atoms with van der Waals surface area (Å²) in [5.74, 6) is 0. The molecule has 0 amide bonds. The quantitative estimate of drug-likeness (QED) is 0.756. The van der Waals surface area contributed by atoms with Gasteiger partial charge in [0.1, 0.15) is 6.67 Å². The monoisotopic (exact) mass is 236 g/mol. The molecular formula is C9H13FO4S. The Labute approximate surface area is 88.1 Å². The molecule has 6 heteroatoms. The minimum Gasteiger partial charge on any atom is -0.394 e. The molecular weight excluding hydrogens is 223 g/mol. The van der Waals surface area contributed by atoms with Crippen molar-refractivity contribution >= 4 is 10.1 Å². The smallest absolute Gasteiger partial charge is 0.294 e. The first-order valence-electron chi connectivity index (χ1n) is 4.12. The number of benzene rings is 1. The molecule has 2 N–H and O–H groups in total. The maximum Gasteiger partial charge on any atom is 0.294 e. The number of aliphatic hydroxyl groups is 1. The minimum absolute atomic E-state index is 0.0666. The summed E-state index contributed by atoms with van der Waals surface area (Å²) in [6, 6.07) is 5.99. The summed E-state index contributed by atoms with van der Waals surface area (Å²) in [4.78, 5) is -0.0666. The summed E-state index contributed by atoms with van der Waals surface area (Å²) >= 11 is 0. The van der Waals surface area contributed by atoms with Crippen LogP contribution in [0, 0.1) is 6.92 Å².